The zero-order chi connectivity index (χ0) is 12.1. The van der Waals surface area contributed by atoms with Crippen molar-refractivity contribution in [3.63, 3.8) is 0 Å². The Hall–Kier alpha value is -0.510. The molecule has 0 saturated heterocycles. The van der Waals surface area contributed by atoms with E-state index in [1.807, 2.05) is 11.8 Å². The molecule has 1 aromatic carbocycles. The van der Waals surface area contributed by atoms with Crippen LogP contribution >= 0.6 is 11.8 Å². The maximum absolute atomic E-state index is 6.35. The van der Waals surface area contributed by atoms with Crippen molar-refractivity contribution in [2.45, 2.75) is 30.6 Å². The topological polar surface area (TPSA) is 35.2 Å². The van der Waals surface area contributed by atoms with Gasteiger partial charge in [-0.3, -0.25) is 0 Å². The van der Waals surface area contributed by atoms with Gasteiger partial charge in [-0.25, -0.2) is 0 Å². The summed E-state index contributed by atoms with van der Waals surface area (Å²) in [6, 6.07) is 8.80. The molecule has 2 N–H and O–H groups in total. The fraction of sp³-hybridized carbons (Fsp3) is 0.571. The second kappa shape index (κ2) is 6.43. The molecule has 94 valence electrons. The minimum absolute atomic E-state index is 0.201. The highest BCUT2D eigenvalue weighted by Crippen LogP contribution is 2.35. The van der Waals surface area contributed by atoms with E-state index in [0.29, 0.717) is 5.25 Å². The van der Waals surface area contributed by atoms with E-state index in [4.69, 9.17) is 10.5 Å². The van der Waals surface area contributed by atoms with Crippen molar-refractivity contribution in [3.05, 3.63) is 35.4 Å². The summed E-state index contributed by atoms with van der Waals surface area (Å²) in [7, 11) is 1.76. The maximum Gasteiger partial charge on any atom is 0.0470 e. The Morgan fingerprint density at radius 2 is 2.24 bits per heavy atom. The summed E-state index contributed by atoms with van der Waals surface area (Å²) in [5.74, 6) is 1.15. The first-order chi connectivity index (χ1) is 8.33. The molecule has 0 heterocycles. The van der Waals surface area contributed by atoms with Gasteiger partial charge >= 0.3 is 0 Å². The number of rotatable bonds is 5. The lowest BCUT2D eigenvalue weighted by atomic mass is 9.88. The number of ether oxygens (including phenoxy) is 1. The van der Waals surface area contributed by atoms with E-state index in [0.717, 1.165) is 18.8 Å². The van der Waals surface area contributed by atoms with Crippen molar-refractivity contribution in [2.75, 3.05) is 19.5 Å². The first-order valence-electron chi connectivity index (χ1n) is 6.27. The van der Waals surface area contributed by atoms with Gasteiger partial charge in [-0.15, -0.1) is 0 Å². The standard InChI is InChI=1S/C14H21NOS/c1-16-9-4-10-17-13-8-7-11-5-2-3-6-12(11)14(13)15/h2-3,5-6,13-14H,4,7-10,15H2,1H3. The SMILES string of the molecule is COCCCSC1CCc2ccccc2C1N. The van der Waals surface area contributed by atoms with Gasteiger partial charge in [0.05, 0.1) is 0 Å². The van der Waals surface area contributed by atoms with Crippen molar-refractivity contribution < 1.29 is 4.74 Å². The van der Waals surface area contributed by atoms with Gasteiger partial charge in [-0.1, -0.05) is 24.3 Å². The Kier molecular flexibility index (Phi) is 4.89. The first-order valence-corrected chi connectivity index (χ1v) is 7.31. The molecule has 2 unspecified atom stereocenters. The number of benzene rings is 1. The Labute approximate surface area is 108 Å². The molecular weight excluding hydrogens is 230 g/mol. The number of aryl methyl sites for hydroxylation is 1. The Morgan fingerprint density at radius 3 is 3.06 bits per heavy atom. The predicted molar refractivity (Wildman–Crippen MR) is 74.4 cm³/mol. The first kappa shape index (κ1) is 12.9. The van der Waals surface area contributed by atoms with Crippen molar-refractivity contribution in [3.8, 4) is 0 Å². The average molecular weight is 251 g/mol. The molecule has 2 atom stereocenters. The molecule has 1 aliphatic carbocycles. The summed E-state index contributed by atoms with van der Waals surface area (Å²) in [5.41, 5.74) is 9.14. The van der Waals surface area contributed by atoms with Crippen molar-refractivity contribution in [1.82, 2.24) is 0 Å². The predicted octanol–water partition coefficient (Wildman–Crippen LogP) is 2.77. The van der Waals surface area contributed by atoms with Crippen molar-refractivity contribution in [2.24, 2.45) is 5.73 Å². The highest BCUT2D eigenvalue weighted by Gasteiger charge is 2.26. The van der Waals surface area contributed by atoms with Crippen molar-refractivity contribution in [1.29, 1.82) is 0 Å². The summed E-state index contributed by atoms with van der Waals surface area (Å²) in [6.07, 6.45) is 3.49. The third kappa shape index (κ3) is 3.24. The zero-order valence-electron chi connectivity index (χ0n) is 10.4. The third-order valence-corrected chi connectivity index (χ3v) is 4.82. The van der Waals surface area contributed by atoms with Crippen LogP contribution in [0.5, 0.6) is 0 Å². The lowest BCUT2D eigenvalue weighted by Gasteiger charge is -2.30. The molecule has 3 heteroatoms. The number of hydrogen-bond donors (Lipinski definition) is 1. The van der Waals surface area contributed by atoms with Gasteiger partial charge in [-0.05, 0) is 36.1 Å². The smallest absolute Gasteiger partial charge is 0.0470 e. The van der Waals surface area contributed by atoms with Crippen LogP contribution in [0.15, 0.2) is 24.3 Å². The van der Waals surface area contributed by atoms with Crippen LogP contribution in [0, 0.1) is 0 Å². The molecular formula is C14H21NOS. The molecule has 0 bridgehead atoms. The molecule has 0 saturated carbocycles. The number of fused-ring (bicyclic) bond motifs is 1. The van der Waals surface area contributed by atoms with E-state index in [2.05, 4.69) is 24.3 Å². The average Bonchev–Trinajstić information content (AvgIpc) is 2.37. The molecule has 1 aromatic rings. The molecule has 17 heavy (non-hydrogen) atoms. The highest BCUT2D eigenvalue weighted by molar-refractivity contribution is 7.99. The van der Waals surface area contributed by atoms with Crippen LogP contribution in [0.4, 0.5) is 0 Å². The molecule has 0 aromatic heterocycles. The summed E-state index contributed by atoms with van der Waals surface area (Å²) < 4.78 is 5.07. The van der Waals surface area contributed by atoms with E-state index >= 15 is 0 Å². The maximum atomic E-state index is 6.35. The molecule has 0 spiro atoms. The fourth-order valence-corrected chi connectivity index (χ4v) is 3.62. The van der Waals surface area contributed by atoms with E-state index < -0.39 is 0 Å². The van der Waals surface area contributed by atoms with E-state index in [1.165, 1.54) is 24.0 Å². The second-order valence-corrected chi connectivity index (χ2v) is 5.87. The van der Waals surface area contributed by atoms with E-state index in [9.17, 15) is 0 Å². The zero-order valence-corrected chi connectivity index (χ0v) is 11.2. The molecule has 2 nitrogen and oxygen atoms in total. The van der Waals surface area contributed by atoms with Crippen LogP contribution in [0.3, 0.4) is 0 Å². The van der Waals surface area contributed by atoms with Crippen molar-refractivity contribution >= 4 is 11.8 Å². The lowest BCUT2D eigenvalue weighted by Crippen LogP contribution is -2.29. The van der Waals surface area contributed by atoms with E-state index in [1.54, 1.807) is 7.11 Å². The number of nitrogens with two attached hydrogens (primary N) is 1. The number of hydrogen-bond acceptors (Lipinski definition) is 3. The van der Waals surface area contributed by atoms with Crippen LogP contribution in [-0.4, -0.2) is 24.7 Å². The third-order valence-electron chi connectivity index (χ3n) is 3.34. The minimum Gasteiger partial charge on any atom is -0.385 e. The molecule has 0 fully saturated rings. The second-order valence-electron chi connectivity index (χ2n) is 4.52. The van der Waals surface area contributed by atoms with Gasteiger partial charge in [0.1, 0.15) is 0 Å². The molecule has 1 aliphatic rings. The van der Waals surface area contributed by atoms with Gasteiger partial charge < -0.3 is 10.5 Å². The van der Waals surface area contributed by atoms with Crippen LogP contribution < -0.4 is 5.73 Å². The van der Waals surface area contributed by atoms with Gasteiger partial charge in [0.2, 0.25) is 0 Å². The summed E-state index contributed by atoms with van der Waals surface area (Å²) in [6.45, 7) is 0.853. The molecule has 2 rings (SSSR count). The van der Waals surface area contributed by atoms with Crippen LogP contribution in [0.1, 0.15) is 30.0 Å². The Morgan fingerprint density at radius 1 is 1.41 bits per heavy atom. The van der Waals surface area contributed by atoms with Crippen LogP contribution in [0.2, 0.25) is 0 Å². The number of methoxy groups -OCH3 is 1. The van der Waals surface area contributed by atoms with Gasteiger partial charge in [-0.2, -0.15) is 11.8 Å². The Bertz CT molecular complexity index is 356. The molecule has 0 aliphatic heterocycles. The fourth-order valence-electron chi connectivity index (χ4n) is 2.39. The van der Waals surface area contributed by atoms with E-state index in [-0.39, 0.29) is 6.04 Å². The lowest BCUT2D eigenvalue weighted by molar-refractivity contribution is 0.200. The number of thioether (sulfide) groups is 1. The molecule has 0 amide bonds. The summed E-state index contributed by atoms with van der Waals surface area (Å²) in [4.78, 5) is 0. The molecule has 0 radical (unpaired) electrons. The summed E-state index contributed by atoms with van der Waals surface area (Å²) >= 11 is 2.00. The van der Waals surface area contributed by atoms with Crippen LogP contribution in [-0.2, 0) is 11.2 Å². The normalized spacial score (nSPS) is 23.4. The monoisotopic (exact) mass is 251 g/mol. The van der Waals surface area contributed by atoms with Crippen LogP contribution in [0.25, 0.3) is 0 Å². The largest absolute Gasteiger partial charge is 0.385 e. The quantitative estimate of drug-likeness (QED) is 0.817. The van der Waals surface area contributed by atoms with Gasteiger partial charge in [0.15, 0.2) is 0 Å². The van der Waals surface area contributed by atoms with Gasteiger partial charge in [0.25, 0.3) is 0 Å². The summed E-state index contributed by atoms with van der Waals surface area (Å²) in [5, 5.41) is 0.571. The van der Waals surface area contributed by atoms with Gasteiger partial charge in [0, 0.05) is 25.0 Å². The Balaban J connectivity index is 1.90. The minimum atomic E-state index is 0.201. The highest BCUT2D eigenvalue weighted by atomic mass is 32.2.